The molecule has 0 bridgehead atoms. The first-order chi connectivity index (χ1) is 9.56. The first-order valence-electron chi connectivity index (χ1n) is 6.45. The second kappa shape index (κ2) is 6.73. The number of halogens is 1. The Kier molecular flexibility index (Phi) is 4.99. The molecule has 2 aromatic carbocycles. The molecular weight excluding hydrogens is 288 g/mol. The monoisotopic (exact) mass is 304 g/mol. The summed E-state index contributed by atoms with van der Waals surface area (Å²) in [4.78, 5) is 0. The van der Waals surface area contributed by atoms with Crippen LogP contribution in [0.1, 0.15) is 24.1 Å². The van der Waals surface area contributed by atoms with E-state index in [9.17, 15) is 0 Å². The van der Waals surface area contributed by atoms with Crippen molar-refractivity contribution in [3.05, 3.63) is 64.7 Å². The van der Waals surface area contributed by atoms with Gasteiger partial charge >= 0.3 is 0 Å². The number of nitrogens with one attached hydrogen (secondary N) is 2. The van der Waals surface area contributed by atoms with E-state index < -0.39 is 0 Å². The highest BCUT2D eigenvalue weighted by Crippen LogP contribution is 2.17. The Morgan fingerprint density at radius 1 is 1.10 bits per heavy atom. The van der Waals surface area contributed by atoms with Crippen LogP contribution in [0.2, 0.25) is 5.02 Å². The number of benzene rings is 2. The molecule has 0 fully saturated rings. The second-order valence-corrected chi connectivity index (χ2v) is 5.53. The highest BCUT2D eigenvalue weighted by atomic mass is 35.5. The van der Waals surface area contributed by atoms with E-state index in [2.05, 4.69) is 36.6 Å². The standard InChI is InChI=1S/C16H17ClN2S/c1-11-5-3-4-6-15(11)12(2)18-16(20)19-14-9-7-13(17)8-10-14/h3-10,12H,1-2H3,(H2,18,19,20)/t12-/m0/s1. The van der Waals surface area contributed by atoms with Crippen LogP contribution in [0.4, 0.5) is 5.69 Å². The molecule has 2 nitrogen and oxygen atoms in total. The molecule has 0 heterocycles. The normalized spacial score (nSPS) is 11.8. The number of anilines is 1. The molecule has 4 heteroatoms. The van der Waals surface area contributed by atoms with Crippen LogP contribution < -0.4 is 10.6 Å². The van der Waals surface area contributed by atoms with Crippen LogP contribution in [-0.4, -0.2) is 5.11 Å². The van der Waals surface area contributed by atoms with Crippen molar-refractivity contribution >= 4 is 34.6 Å². The Labute approximate surface area is 130 Å². The Hall–Kier alpha value is -1.58. The van der Waals surface area contributed by atoms with Gasteiger partial charge in [0.15, 0.2) is 5.11 Å². The summed E-state index contributed by atoms with van der Waals surface area (Å²) in [5.74, 6) is 0. The Morgan fingerprint density at radius 2 is 1.75 bits per heavy atom. The molecular formula is C16H17ClN2S. The van der Waals surface area contributed by atoms with E-state index in [0.717, 1.165) is 5.69 Å². The molecule has 0 aliphatic carbocycles. The van der Waals surface area contributed by atoms with Crippen LogP contribution in [0.25, 0.3) is 0 Å². The van der Waals surface area contributed by atoms with Crippen LogP contribution in [0, 0.1) is 6.92 Å². The molecule has 0 aliphatic heterocycles. The quantitative estimate of drug-likeness (QED) is 0.804. The van der Waals surface area contributed by atoms with Gasteiger partial charge < -0.3 is 10.6 Å². The zero-order valence-corrected chi connectivity index (χ0v) is 13.1. The summed E-state index contributed by atoms with van der Waals surface area (Å²) >= 11 is 11.2. The zero-order valence-electron chi connectivity index (χ0n) is 11.5. The fourth-order valence-corrected chi connectivity index (χ4v) is 2.47. The van der Waals surface area contributed by atoms with Gasteiger partial charge in [0.1, 0.15) is 0 Å². The minimum atomic E-state index is 0.156. The summed E-state index contributed by atoms with van der Waals surface area (Å²) in [5.41, 5.74) is 3.42. The zero-order chi connectivity index (χ0) is 14.5. The van der Waals surface area contributed by atoms with E-state index in [0.29, 0.717) is 10.1 Å². The van der Waals surface area contributed by atoms with Crippen molar-refractivity contribution in [2.24, 2.45) is 0 Å². The molecule has 0 amide bonds. The number of rotatable bonds is 3. The van der Waals surface area contributed by atoms with Crippen LogP contribution in [0.5, 0.6) is 0 Å². The van der Waals surface area contributed by atoms with Gasteiger partial charge in [-0.3, -0.25) is 0 Å². The van der Waals surface area contributed by atoms with Crippen molar-refractivity contribution < 1.29 is 0 Å². The Morgan fingerprint density at radius 3 is 2.40 bits per heavy atom. The molecule has 0 saturated carbocycles. The van der Waals surface area contributed by atoms with E-state index >= 15 is 0 Å². The lowest BCUT2D eigenvalue weighted by Crippen LogP contribution is -2.31. The molecule has 2 rings (SSSR count). The highest BCUT2D eigenvalue weighted by molar-refractivity contribution is 7.80. The molecule has 2 N–H and O–H groups in total. The highest BCUT2D eigenvalue weighted by Gasteiger charge is 2.09. The summed E-state index contributed by atoms with van der Waals surface area (Å²) in [7, 11) is 0. The van der Waals surface area contributed by atoms with E-state index in [1.807, 2.05) is 36.4 Å². The molecule has 2 aromatic rings. The lowest BCUT2D eigenvalue weighted by Gasteiger charge is -2.19. The van der Waals surface area contributed by atoms with Gasteiger partial charge in [-0.05, 0) is 61.5 Å². The third-order valence-electron chi connectivity index (χ3n) is 3.10. The summed E-state index contributed by atoms with van der Waals surface area (Å²) in [5, 5.41) is 7.75. The van der Waals surface area contributed by atoms with Crippen LogP contribution in [0.15, 0.2) is 48.5 Å². The van der Waals surface area contributed by atoms with Gasteiger partial charge in [0.05, 0.1) is 6.04 Å². The minimum absolute atomic E-state index is 0.156. The SMILES string of the molecule is Cc1ccccc1[C@H](C)NC(=S)Nc1ccc(Cl)cc1. The van der Waals surface area contributed by atoms with Gasteiger partial charge in [-0.25, -0.2) is 0 Å². The Balaban J connectivity index is 1.98. The van der Waals surface area contributed by atoms with E-state index in [4.69, 9.17) is 23.8 Å². The van der Waals surface area contributed by atoms with E-state index in [1.54, 1.807) is 0 Å². The van der Waals surface area contributed by atoms with Crippen molar-refractivity contribution in [3.8, 4) is 0 Å². The maximum absolute atomic E-state index is 5.85. The first-order valence-corrected chi connectivity index (χ1v) is 7.23. The number of aryl methyl sites for hydroxylation is 1. The van der Waals surface area contributed by atoms with Gasteiger partial charge in [-0.2, -0.15) is 0 Å². The fourth-order valence-electron chi connectivity index (χ4n) is 2.05. The smallest absolute Gasteiger partial charge is 0.171 e. The molecule has 0 aromatic heterocycles. The fraction of sp³-hybridized carbons (Fsp3) is 0.188. The summed E-state index contributed by atoms with van der Waals surface area (Å²) in [6, 6.07) is 15.9. The van der Waals surface area contributed by atoms with Gasteiger partial charge in [-0.15, -0.1) is 0 Å². The van der Waals surface area contributed by atoms with E-state index in [-0.39, 0.29) is 6.04 Å². The number of hydrogen-bond donors (Lipinski definition) is 2. The average Bonchev–Trinajstić information content (AvgIpc) is 2.41. The molecule has 20 heavy (non-hydrogen) atoms. The van der Waals surface area contributed by atoms with Crippen LogP contribution in [-0.2, 0) is 0 Å². The summed E-state index contributed by atoms with van der Waals surface area (Å²) in [6.07, 6.45) is 0. The predicted molar refractivity (Wildman–Crippen MR) is 90.4 cm³/mol. The Bertz CT molecular complexity index is 596. The van der Waals surface area contributed by atoms with Gasteiger partial charge in [0.25, 0.3) is 0 Å². The maximum atomic E-state index is 5.85. The van der Waals surface area contributed by atoms with Gasteiger partial charge in [0.2, 0.25) is 0 Å². The molecule has 0 unspecified atom stereocenters. The van der Waals surface area contributed by atoms with Crippen molar-refractivity contribution in [1.29, 1.82) is 0 Å². The lowest BCUT2D eigenvalue weighted by molar-refractivity contribution is 0.717. The molecule has 0 aliphatic rings. The van der Waals surface area contributed by atoms with Crippen molar-refractivity contribution in [1.82, 2.24) is 5.32 Å². The topological polar surface area (TPSA) is 24.1 Å². The third-order valence-corrected chi connectivity index (χ3v) is 3.58. The first kappa shape index (κ1) is 14.8. The van der Waals surface area contributed by atoms with Crippen molar-refractivity contribution in [3.63, 3.8) is 0 Å². The van der Waals surface area contributed by atoms with E-state index in [1.165, 1.54) is 11.1 Å². The van der Waals surface area contributed by atoms with Gasteiger partial charge in [0, 0.05) is 10.7 Å². The van der Waals surface area contributed by atoms with Crippen LogP contribution in [0.3, 0.4) is 0 Å². The summed E-state index contributed by atoms with van der Waals surface area (Å²) in [6.45, 7) is 4.20. The summed E-state index contributed by atoms with van der Waals surface area (Å²) < 4.78 is 0. The molecule has 0 radical (unpaired) electrons. The molecule has 0 spiro atoms. The van der Waals surface area contributed by atoms with Crippen molar-refractivity contribution in [2.45, 2.75) is 19.9 Å². The minimum Gasteiger partial charge on any atom is -0.356 e. The van der Waals surface area contributed by atoms with Crippen LogP contribution >= 0.6 is 23.8 Å². The molecule has 0 saturated heterocycles. The predicted octanol–water partition coefficient (Wildman–Crippen LogP) is 4.70. The number of thiocarbonyl (C=S) groups is 1. The maximum Gasteiger partial charge on any atom is 0.171 e. The molecule has 1 atom stereocenters. The second-order valence-electron chi connectivity index (χ2n) is 4.68. The third kappa shape index (κ3) is 3.95. The van der Waals surface area contributed by atoms with Crippen molar-refractivity contribution in [2.75, 3.05) is 5.32 Å². The lowest BCUT2D eigenvalue weighted by atomic mass is 10.0. The largest absolute Gasteiger partial charge is 0.356 e. The average molecular weight is 305 g/mol. The number of hydrogen-bond acceptors (Lipinski definition) is 1. The molecule has 104 valence electrons. The van der Waals surface area contributed by atoms with Gasteiger partial charge in [-0.1, -0.05) is 35.9 Å².